The second-order valence-corrected chi connectivity index (χ2v) is 4.77. The van der Waals surface area contributed by atoms with Gasteiger partial charge in [0.05, 0.1) is 11.1 Å². The first kappa shape index (κ1) is 12.4. The lowest BCUT2D eigenvalue weighted by molar-refractivity contribution is 0.0959. The number of thiophene rings is 1. The molecule has 2 heterocycles. The fraction of sp³-hybridized carbons (Fsp3) is 0.154. The van der Waals surface area contributed by atoms with E-state index in [1.807, 2.05) is 24.3 Å². The highest BCUT2D eigenvalue weighted by Crippen LogP contribution is 2.16. The van der Waals surface area contributed by atoms with E-state index in [0.717, 1.165) is 12.0 Å². The highest BCUT2D eigenvalue weighted by Gasteiger charge is 2.06. The molecule has 92 valence electrons. The number of hydrazone groups is 1. The number of pyridine rings is 1. The van der Waals surface area contributed by atoms with Crippen molar-refractivity contribution in [3.63, 3.8) is 0 Å². The molecule has 18 heavy (non-hydrogen) atoms. The predicted octanol–water partition coefficient (Wildman–Crippen LogP) is 2.47. The molecule has 2 aromatic rings. The Morgan fingerprint density at radius 3 is 3.06 bits per heavy atom. The Morgan fingerprint density at radius 1 is 1.50 bits per heavy atom. The van der Waals surface area contributed by atoms with Crippen molar-refractivity contribution in [1.82, 2.24) is 10.4 Å². The molecule has 0 radical (unpaired) electrons. The van der Waals surface area contributed by atoms with Crippen molar-refractivity contribution in [2.75, 3.05) is 0 Å². The first-order valence-electron chi connectivity index (χ1n) is 5.61. The molecule has 0 aliphatic rings. The summed E-state index contributed by atoms with van der Waals surface area (Å²) in [6.07, 6.45) is 5.87. The maximum Gasteiger partial charge on any atom is 0.281 e. The van der Waals surface area contributed by atoms with Crippen molar-refractivity contribution in [2.45, 2.75) is 13.3 Å². The number of aryl methyl sites for hydroxylation is 1. The normalized spacial score (nSPS) is 10.7. The maximum absolute atomic E-state index is 11.7. The molecule has 0 fully saturated rings. The van der Waals surface area contributed by atoms with Gasteiger partial charge in [0.2, 0.25) is 0 Å². The third-order valence-electron chi connectivity index (χ3n) is 2.30. The summed E-state index contributed by atoms with van der Waals surface area (Å²) in [5.74, 6) is -0.181. The van der Waals surface area contributed by atoms with E-state index in [2.05, 4.69) is 22.4 Å². The lowest BCUT2D eigenvalue weighted by atomic mass is 10.3. The first-order chi connectivity index (χ1) is 8.79. The van der Waals surface area contributed by atoms with Crippen LogP contribution in [0, 0.1) is 0 Å². The topological polar surface area (TPSA) is 54.4 Å². The molecule has 2 aromatic heterocycles. The van der Waals surface area contributed by atoms with Crippen LogP contribution in [0.5, 0.6) is 0 Å². The van der Waals surface area contributed by atoms with Gasteiger partial charge in [0.1, 0.15) is 0 Å². The van der Waals surface area contributed by atoms with E-state index in [-0.39, 0.29) is 5.91 Å². The zero-order chi connectivity index (χ0) is 12.8. The molecule has 0 aromatic carbocycles. The second kappa shape index (κ2) is 6.07. The molecule has 2 rings (SSSR count). The fourth-order valence-corrected chi connectivity index (χ4v) is 2.20. The van der Waals surface area contributed by atoms with Crippen LogP contribution in [-0.4, -0.2) is 17.1 Å². The summed E-state index contributed by atoms with van der Waals surface area (Å²) in [4.78, 5) is 17.6. The Morgan fingerprint density at radius 2 is 2.39 bits per heavy atom. The molecule has 1 amide bonds. The Kier molecular flexibility index (Phi) is 4.20. The van der Waals surface area contributed by atoms with E-state index in [1.54, 1.807) is 18.6 Å². The largest absolute Gasteiger partial charge is 0.281 e. The number of amides is 1. The molecule has 0 atom stereocenters. The van der Waals surface area contributed by atoms with Crippen LogP contribution in [0.1, 0.15) is 27.0 Å². The lowest BCUT2D eigenvalue weighted by Gasteiger charge is -1.95. The molecule has 0 aliphatic heterocycles. The van der Waals surface area contributed by atoms with Gasteiger partial charge in [0.15, 0.2) is 0 Å². The Bertz CT molecular complexity index is 548. The van der Waals surface area contributed by atoms with Gasteiger partial charge in [-0.1, -0.05) is 13.0 Å². The van der Waals surface area contributed by atoms with Gasteiger partial charge < -0.3 is 0 Å². The third-order valence-corrected chi connectivity index (χ3v) is 3.53. The number of carbonyl (C=O) groups excluding carboxylic acids is 1. The van der Waals surface area contributed by atoms with E-state index >= 15 is 0 Å². The maximum atomic E-state index is 11.7. The van der Waals surface area contributed by atoms with Crippen LogP contribution in [0.25, 0.3) is 0 Å². The summed E-state index contributed by atoms with van der Waals surface area (Å²) in [5, 5.41) is 3.90. The molecular weight excluding hydrogens is 246 g/mol. The summed E-state index contributed by atoms with van der Waals surface area (Å²) < 4.78 is 0. The van der Waals surface area contributed by atoms with Crippen molar-refractivity contribution in [3.05, 3.63) is 52.0 Å². The highest BCUT2D eigenvalue weighted by molar-refractivity contribution is 7.14. The van der Waals surface area contributed by atoms with Crippen LogP contribution in [-0.2, 0) is 6.42 Å². The van der Waals surface area contributed by atoms with Gasteiger partial charge in [0, 0.05) is 22.8 Å². The first-order valence-corrected chi connectivity index (χ1v) is 6.43. The molecule has 0 saturated carbocycles. The fourth-order valence-electron chi connectivity index (χ4n) is 1.36. The third kappa shape index (κ3) is 3.24. The summed E-state index contributed by atoms with van der Waals surface area (Å²) in [7, 11) is 0. The second-order valence-electron chi connectivity index (χ2n) is 3.60. The predicted molar refractivity (Wildman–Crippen MR) is 73.0 cm³/mol. The summed E-state index contributed by atoms with van der Waals surface area (Å²) in [6, 6.07) is 7.46. The summed E-state index contributed by atoms with van der Waals surface area (Å²) >= 11 is 1.49. The average molecular weight is 259 g/mol. The van der Waals surface area contributed by atoms with Gasteiger partial charge in [-0.25, -0.2) is 5.43 Å². The van der Waals surface area contributed by atoms with E-state index in [1.165, 1.54) is 16.2 Å². The van der Waals surface area contributed by atoms with Gasteiger partial charge in [-0.15, -0.1) is 11.3 Å². The van der Waals surface area contributed by atoms with E-state index in [0.29, 0.717) is 4.88 Å². The Labute approximate surface area is 109 Å². The number of carbonyl (C=O) groups is 1. The van der Waals surface area contributed by atoms with Crippen LogP contribution in [0.2, 0.25) is 0 Å². The minimum atomic E-state index is -0.181. The van der Waals surface area contributed by atoms with E-state index in [4.69, 9.17) is 0 Å². The summed E-state index contributed by atoms with van der Waals surface area (Å²) in [5.41, 5.74) is 3.34. The molecule has 0 unspecified atom stereocenters. The number of hydrogen-bond acceptors (Lipinski definition) is 4. The Hall–Kier alpha value is -2.01. The van der Waals surface area contributed by atoms with Crippen molar-refractivity contribution in [2.24, 2.45) is 5.10 Å². The summed E-state index contributed by atoms with van der Waals surface area (Å²) in [6.45, 7) is 2.06. The zero-order valence-electron chi connectivity index (χ0n) is 9.96. The molecule has 4 nitrogen and oxygen atoms in total. The van der Waals surface area contributed by atoms with Gasteiger partial charge in [-0.05, 0) is 24.6 Å². The highest BCUT2D eigenvalue weighted by atomic mass is 32.1. The molecule has 0 aliphatic carbocycles. The molecular formula is C13H13N3OS. The molecule has 0 saturated heterocycles. The monoisotopic (exact) mass is 259 g/mol. The van der Waals surface area contributed by atoms with Crippen molar-refractivity contribution < 1.29 is 4.79 Å². The van der Waals surface area contributed by atoms with Gasteiger partial charge in [-0.3, -0.25) is 9.78 Å². The van der Waals surface area contributed by atoms with Gasteiger partial charge in [-0.2, -0.15) is 5.10 Å². The molecule has 1 N–H and O–H groups in total. The van der Waals surface area contributed by atoms with Gasteiger partial charge >= 0.3 is 0 Å². The lowest BCUT2D eigenvalue weighted by Crippen LogP contribution is -2.16. The smallest absolute Gasteiger partial charge is 0.266 e. The number of aromatic nitrogens is 1. The number of hydrogen-bond donors (Lipinski definition) is 1. The van der Waals surface area contributed by atoms with Crippen LogP contribution >= 0.6 is 11.3 Å². The molecule has 5 heteroatoms. The van der Waals surface area contributed by atoms with Crippen molar-refractivity contribution in [1.29, 1.82) is 0 Å². The van der Waals surface area contributed by atoms with Crippen LogP contribution in [0.4, 0.5) is 0 Å². The van der Waals surface area contributed by atoms with Crippen molar-refractivity contribution >= 4 is 23.5 Å². The van der Waals surface area contributed by atoms with Gasteiger partial charge in [0.25, 0.3) is 5.91 Å². The SMILES string of the molecule is CCc1ccc(C(=O)N/N=C/c2cccnc2)s1. The van der Waals surface area contributed by atoms with Crippen LogP contribution in [0.3, 0.4) is 0 Å². The quantitative estimate of drug-likeness (QED) is 0.677. The number of rotatable bonds is 4. The van der Waals surface area contributed by atoms with Crippen LogP contribution in [0.15, 0.2) is 41.8 Å². The standard InChI is InChI=1S/C13H13N3OS/c1-2-11-5-6-12(18-11)13(17)16-15-9-10-4-3-7-14-8-10/h3-9H,2H2,1H3,(H,16,17)/b15-9+. The van der Waals surface area contributed by atoms with Crippen LogP contribution < -0.4 is 5.43 Å². The van der Waals surface area contributed by atoms with E-state index in [9.17, 15) is 4.79 Å². The zero-order valence-corrected chi connectivity index (χ0v) is 10.8. The van der Waals surface area contributed by atoms with Crippen molar-refractivity contribution in [3.8, 4) is 0 Å². The molecule has 0 bridgehead atoms. The minimum Gasteiger partial charge on any atom is -0.266 e. The number of nitrogens with one attached hydrogen (secondary N) is 1. The molecule has 0 spiro atoms. The minimum absolute atomic E-state index is 0.181. The Balaban J connectivity index is 1.94. The average Bonchev–Trinajstić information content (AvgIpc) is 2.89. The van der Waals surface area contributed by atoms with E-state index < -0.39 is 0 Å². The number of nitrogens with zero attached hydrogens (tertiary/aromatic N) is 2.